The lowest BCUT2D eigenvalue weighted by atomic mass is 10.9. The van der Waals surface area contributed by atoms with Crippen LogP contribution in [0.15, 0.2) is 0 Å². The van der Waals surface area contributed by atoms with Crippen molar-refractivity contribution in [2.75, 3.05) is 18.6 Å². The highest BCUT2D eigenvalue weighted by Crippen LogP contribution is 2.14. The van der Waals surface area contributed by atoms with Crippen molar-refractivity contribution in [2.24, 2.45) is 0 Å². The third kappa shape index (κ3) is 3.60. The standard InChI is InChI=1S/C7H18O2SSi/c1-4-8-11(6-3,7-10)9-5-2/h10H,4-7H2,1-3H3. The molecule has 68 valence electrons. The molecule has 0 aromatic carbocycles. The lowest BCUT2D eigenvalue weighted by Crippen LogP contribution is -2.44. The summed E-state index contributed by atoms with van der Waals surface area (Å²) in [4.78, 5) is 0. The third-order valence-electron chi connectivity index (χ3n) is 1.59. The summed E-state index contributed by atoms with van der Waals surface area (Å²) in [6, 6.07) is 0.984. The molecule has 0 saturated carbocycles. The number of hydrogen-bond donors (Lipinski definition) is 1. The van der Waals surface area contributed by atoms with E-state index in [1.807, 2.05) is 13.8 Å². The molecule has 4 heteroatoms. The normalized spacial score (nSPS) is 12.0. The van der Waals surface area contributed by atoms with Gasteiger partial charge in [0.15, 0.2) is 0 Å². The summed E-state index contributed by atoms with van der Waals surface area (Å²) in [6.45, 7) is 7.58. The Balaban J connectivity index is 3.96. The van der Waals surface area contributed by atoms with Crippen LogP contribution in [0, 0.1) is 0 Å². The van der Waals surface area contributed by atoms with Gasteiger partial charge in [-0.3, -0.25) is 0 Å². The Kier molecular flexibility index (Phi) is 6.32. The molecule has 0 unspecified atom stereocenters. The summed E-state index contributed by atoms with van der Waals surface area (Å²) >= 11 is 4.26. The van der Waals surface area contributed by atoms with E-state index >= 15 is 0 Å². The Bertz CT molecular complexity index is 88.4. The summed E-state index contributed by atoms with van der Waals surface area (Å²) in [5.41, 5.74) is 0. The molecule has 0 radical (unpaired) electrons. The van der Waals surface area contributed by atoms with Crippen molar-refractivity contribution >= 4 is 21.2 Å². The fourth-order valence-corrected chi connectivity index (χ4v) is 4.14. The maximum Gasteiger partial charge on any atom is 0.347 e. The maximum absolute atomic E-state index is 5.61. The van der Waals surface area contributed by atoms with Crippen LogP contribution in [0.1, 0.15) is 20.8 Å². The Morgan fingerprint density at radius 2 is 1.55 bits per heavy atom. The van der Waals surface area contributed by atoms with Crippen molar-refractivity contribution in [1.29, 1.82) is 0 Å². The van der Waals surface area contributed by atoms with Crippen LogP contribution >= 0.6 is 12.6 Å². The predicted molar refractivity (Wildman–Crippen MR) is 53.3 cm³/mol. The first-order valence-electron chi connectivity index (χ1n) is 4.13. The zero-order chi connectivity index (χ0) is 8.74. The Hall–Kier alpha value is 0.487. The van der Waals surface area contributed by atoms with Gasteiger partial charge in [-0.15, -0.1) is 0 Å². The molecule has 0 spiro atoms. The highest BCUT2D eigenvalue weighted by Gasteiger charge is 2.32. The zero-order valence-corrected chi connectivity index (χ0v) is 9.49. The number of hydrogen-bond acceptors (Lipinski definition) is 3. The first kappa shape index (κ1) is 11.5. The van der Waals surface area contributed by atoms with Gasteiger partial charge in [0.25, 0.3) is 0 Å². The van der Waals surface area contributed by atoms with Gasteiger partial charge in [-0.25, -0.2) is 0 Å². The van der Waals surface area contributed by atoms with E-state index in [1.165, 1.54) is 0 Å². The molecule has 11 heavy (non-hydrogen) atoms. The molecule has 0 atom stereocenters. The highest BCUT2D eigenvalue weighted by molar-refractivity contribution is 7.82. The van der Waals surface area contributed by atoms with Gasteiger partial charge in [0.05, 0.1) is 0 Å². The number of thiol groups is 1. The van der Waals surface area contributed by atoms with Crippen LogP contribution < -0.4 is 0 Å². The fraction of sp³-hybridized carbons (Fsp3) is 1.00. The molecule has 0 bridgehead atoms. The maximum atomic E-state index is 5.61. The van der Waals surface area contributed by atoms with E-state index in [0.717, 1.165) is 24.6 Å². The van der Waals surface area contributed by atoms with Gasteiger partial charge in [0, 0.05) is 18.6 Å². The minimum atomic E-state index is -1.88. The minimum absolute atomic E-state index is 0.737. The molecule has 0 heterocycles. The molecular weight excluding hydrogens is 176 g/mol. The van der Waals surface area contributed by atoms with Crippen molar-refractivity contribution in [1.82, 2.24) is 0 Å². The second-order valence-corrected chi connectivity index (χ2v) is 6.66. The molecule has 0 fully saturated rings. The van der Waals surface area contributed by atoms with E-state index in [9.17, 15) is 0 Å². The third-order valence-corrected chi connectivity index (χ3v) is 6.23. The van der Waals surface area contributed by atoms with E-state index in [-0.39, 0.29) is 0 Å². The first-order valence-corrected chi connectivity index (χ1v) is 6.99. The second-order valence-electron chi connectivity index (χ2n) is 2.29. The van der Waals surface area contributed by atoms with Crippen LogP contribution in [0.2, 0.25) is 6.04 Å². The van der Waals surface area contributed by atoms with Crippen molar-refractivity contribution in [3.63, 3.8) is 0 Å². The topological polar surface area (TPSA) is 18.5 Å². The van der Waals surface area contributed by atoms with Crippen LogP contribution in [0.5, 0.6) is 0 Å². The minimum Gasteiger partial charge on any atom is -0.394 e. The summed E-state index contributed by atoms with van der Waals surface area (Å²) in [7, 11) is -1.88. The summed E-state index contributed by atoms with van der Waals surface area (Å²) in [6.07, 6.45) is 0. The van der Waals surface area contributed by atoms with E-state index < -0.39 is 8.56 Å². The van der Waals surface area contributed by atoms with Gasteiger partial charge in [0.2, 0.25) is 0 Å². The van der Waals surface area contributed by atoms with Gasteiger partial charge >= 0.3 is 8.56 Å². The van der Waals surface area contributed by atoms with Crippen LogP contribution in [0.3, 0.4) is 0 Å². The first-order chi connectivity index (χ1) is 5.24. The van der Waals surface area contributed by atoms with Crippen LogP contribution in [0.25, 0.3) is 0 Å². The molecule has 0 aliphatic heterocycles. The molecule has 0 aromatic heterocycles. The Morgan fingerprint density at radius 1 is 1.09 bits per heavy atom. The fourth-order valence-electron chi connectivity index (χ4n) is 0.975. The predicted octanol–water partition coefficient (Wildman–Crippen LogP) is 1.99. The molecule has 0 N–H and O–H groups in total. The van der Waals surface area contributed by atoms with E-state index in [2.05, 4.69) is 19.6 Å². The van der Waals surface area contributed by atoms with Crippen molar-refractivity contribution in [3.8, 4) is 0 Å². The molecule has 2 nitrogen and oxygen atoms in total. The van der Waals surface area contributed by atoms with Gasteiger partial charge in [0.1, 0.15) is 0 Å². The van der Waals surface area contributed by atoms with E-state index in [1.54, 1.807) is 0 Å². The summed E-state index contributed by atoms with van der Waals surface area (Å²) in [5.74, 6) is 0. The molecule has 0 saturated heterocycles. The molecule has 0 amide bonds. The Morgan fingerprint density at radius 3 is 1.73 bits per heavy atom. The largest absolute Gasteiger partial charge is 0.394 e. The average molecular weight is 194 g/mol. The molecule has 0 rings (SSSR count). The van der Waals surface area contributed by atoms with E-state index in [0.29, 0.717) is 0 Å². The average Bonchev–Trinajstić information content (AvgIpc) is 2.04. The summed E-state index contributed by atoms with van der Waals surface area (Å²) in [5, 5.41) is 0.755. The van der Waals surface area contributed by atoms with E-state index in [4.69, 9.17) is 8.85 Å². The van der Waals surface area contributed by atoms with Gasteiger partial charge in [-0.2, -0.15) is 12.6 Å². The van der Waals surface area contributed by atoms with Crippen molar-refractivity contribution in [3.05, 3.63) is 0 Å². The number of rotatable bonds is 6. The van der Waals surface area contributed by atoms with Gasteiger partial charge < -0.3 is 8.85 Å². The van der Waals surface area contributed by atoms with Crippen LogP contribution in [0.4, 0.5) is 0 Å². The second kappa shape index (κ2) is 6.05. The van der Waals surface area contributed by atoms with Crippen molar-refractivity contribution in [2.45, 2.75) is 26.8 Å². The van der Waals surface area contributed by atoms with Crippen LogP contribution in [-0.2, 0) is 8.85 Å². The molecule has 0 aliphatic rings. The highest BCUT2D eigenvalue weighted by atomic mass is 32.1. The molecular formula is C7H18O2SSi. The lowest BCUT2D eigenvalue weighted by Gasteiger charge is -2.26. The van der Waals surface area contributed by atoms with Crippen LogP contribution in [-0.4, -0.2) is 27.2 Å². The zero-order valence-electron chi connectivity index (χ0n) is 7.59. The van der Waals surface area contributed by atoms with Gasteiger partial charge in [-0.1, -0.05) is 6.92 Å². The molecule has 0 aliphatic carbocycles. The summed E-state index contributed by atoms with van der Waals surface area (Å²) < 4.78 is 11.2. The smallest absolute Gasteiger partial charge is 0.347 e. The quantitative estimate of drug-likeness (QED) is 0.515. The SMILES string of the molecule is CCO[Si](CC)(CS)OCC. The van der Waals surface area contributed by atoms with Crippen molar-refractivity contribution < 1.29 is 8.85 Å². The van der Waals surface area contributed by atoms with Gasteiger partial charge in [-0.05, 0) is 19.9 Å². The monoisotopic (exact) mass is 194 g/mol. The molecule has 0 aromatic rings. The Labute approximate surface area is 75.9 Å². The lowest BCUT2D eigenvalue weighted by molar-refractivity contribution is 0.189.